The first kappa shape index (κ1) is 9.84. The molecule has 0 spiro atoms. The number of H-pyrrole nitrogens is 1. The Kier molecular flexibility index (Phi) is 2.68. The molecular formula is C10H11Cl2N2+. The van der Waals surface area contributed by atoms with E-state index in [0.717, 1.165) is 23.9 Å². The van der Waals surface area contributed by atoms with Gasteiger partial charge in [-0.25, -0.2) is 0 Å². The molecule has 0 bridgehead atoms. The maximum Gasteiger partial charge on any atom is 0.0781 e. The summed E-state index contributed by atoms with van der Waals surface area (Å²) in [6, 6.07) is 3.74. The molecule has 0 amide bonds. The predicted molar refractivity (Wildman–Crippen MR) is 59.8 cm³/mol. The van der Waals surface area contributed by atoms with Crippen LogP contribution in [0.5, 0.6) is 0 Å². The third-order valence-electron chi connectivity index (χ3n) is 2.26. The zero-order valence-corrected chi connectivity index (χ0v) is 9.12. The molecule has 2 rings (SSSR count). The summed E-state index contributed by atoms with van der Waals surface area (Å²) < 4.78 is 0. The number of benzene rings is 1. The zero-order chi connectivity index (χ0) is 10.1. The van der Waals surface area contributed by atoms with Crippen LogP contribution in [-0.2, 0) is 6.42 Å². The van der Waals surface area contributed by atoms with Crippen LogP contribution in [0, 0.1) is 0 Å². The Labute approximate surface area is 92.0 Å². The first-order valence-electron chi connectivity index (χ1n) is 4.47. The second kappa shape index (κ2) is 3.81. The molecular weight excluding hydrogens is 219 g/mol. The first-order chi connectivity index (χ1) is 6.74. The van der Waals surface area contributed by atoms with E-state index in [4.69, 9.17) is 23.2 Å². The maximum atomic E-state index is 6.14. The Hall–Kier alpha value is -0.700. The quantitative estimate of drug-likeness (QED) is 0.794. The molecule has 0 fully saturated rings. The van der Waals surface area contributed by atoms with E-state index < -0.39 is 0 Å². The second-order valence-electron chi connectivity index (χ2n) is 3.20. The number of aromatic nitrogens is 1. The molecule has 0 aliphatic heterocycles. The van der Waals surface area contributed by atoms with Gasteiger partial charge in [-0.05, 0) is 17.7 Å². The third-order valence-corrected chi connectivity index (χ3v) is 3.07. The van der Waals surface area contributed by atoms with Crippen LogP contribution in [0.2, 0.25) is 10.0 Å². The fourth-order valence-corrected chi connectivity index (χ4v) is 2.05. The summed E-state index contributed by atoms with van der Waals surface area (Å²) in [5, 5.41) is 2.26. The molecule has 0 unspecified atom stereocenters. The van der Waals surface area contributed by atoms with Crippen molar-refractivity contribution in [3.05, 3.63) is 33.9 Å². The van der Waals surface area contributed by atoms with Crippen molar-refractivity contribution < 1.29 is 5.73 Å². The van der Waals surface area contributed by atoms with E-state index in [0.29, 0.717) is 10.0 Å². The summed E-state index contributed by atoms with van der Waals surface area (Å²) in [7, 11) is 0. The molecule has 0 saturated heterocycles. The molecule has 0 aliphatic rings. The lowest BCUT2D eigenvalue weighted by Crippen LogP contribution is -2.51. The van der Waals surface area contributed by atoms with Gasteiger partial charge < -0.3 is 10.7 Å². The monoisotopic (exact) mass is 229 g/mol. The Bertz CT molecular complexity index is 462. The van der Waals surface area contributed by atoms with E-state index in [2.05, 4.69) is 10.7 Å². The van der Waals surface area contributed by atoms with Gasteiger partial charge in [-0.15, -0.1) is 0 Å². The molecule has 2 nitrogen and oxygen atoms in total. The summed E-state index contributed by atoms with van der Waals surface area (Å²) >= 11 is 12.1. The molecule has 0 saturated carbocycles. The van der Waals surface area contributed by atoms with E-state index in [9.17, 15) is 0 Å². The molecule has 1 heterocycles. The molecule has 0 atom stereocenters. The fourth-order valence-electron chi connectivity index (χ4n) is 1.61. The number of quaternary nitrogens is 1. The van der Waals surface area contributed by atoms with Crippen LogP contribution in [0.4, 0.5) is 0 Å². The minimum Gasteiger partial charge on any atom is -0.361 e. The highest BCUT2D eigenvalue weighted by molar-refractivity contribution is 6.45. The van der Waals surface area contributed by atoms with Gasteiger partial charge in [0, 0.05) is 23.5 Å². The van der Waals surface area contributed by atoms with E-state index >= 15 is 0 Å². The molecule has 4 heteroatoms. The van der Waals surface area contributed by atoms with Crippen molar-refractivity contribution >= 4 is 34.1 Å². The maximum absolute atomic E-state index is 6.14. The van der Waals surface area contributed by atoms with Crippen molar-refractivity contribution in [2.75, 3.05) is 6.54 Å². The summed E-state index contributed by atoms with van der Waals surface area (Å²) in [4.78, 5) is 3.17. The Morgan fingerprint density at radius 1 is 1.29 bits per heavy atom. The van der Waals surface area contributed by atoms with Gasteiger partial charge >= 0.3 is 0 Å². The standard InChI is InChI=1S/C10H10Cl2N2/c11-7-1-2-8-9(10(7)12)6(3-4-13)5-14-8/h1-2,5,14H,3-4,13H2/p+1. The second-order valence-corrected chi connectivity index (χ2v) is 3.99. The van der Waals surface area contributed by atoms with Crippen LogP contribution in [-0.4, -0.2) is 11.5 Å². The highest BCUT2D eigenvalue weighted by Gasteiger charge is 2.09. The van der Waals surface area contributed by atoms with Crippen molar-refractivity contribution in [1.29, 1.82) is 0 Å². The molecule has 0 aliphatic carbocycles. The number of hydrogen-bond acceptors (Lipinski definition) is 0. The van der Waals surface area contributed by atoms with Crippen LogP contribution in [0.25, 0.3) is 10.9 Å². The van der Waals surface area contributed by atoms with Gasteiger partial charge in [0.2, 0.25) is 0 Å². The van der Waals surface area contributed by atoms with Crippen LogP contribution >= 0.6 is 23.2 Å². The van der Waals surface area contributed by atoms with Gasteiger partial charge in [-0.2, -0.15) is 0 Å². The third kappa shape index (κ3) is 1.50. The zero-order valence-electron chi connectivity index (χ0n) is 7.61. The van der Waals surface area contributed by atoms with Crippen molar-refractivity contribution in [2.45, 2.75) is 6.42 Å². The summed E-state index contributed by atoms with van der Waals surface area (Å²) in [6.07, 6.45) is 2.89. The predicted octanol–water partition coefficient (Wildman–Crippen LogP) is 2.26. The summed E-state index contributed by atoms with van der Waals surface area (Å²) in [5.41, 5.74) is 6.04. The lowest BCUT2D eigenvalue weighted by molar-refractivity contribution is -0.366. The number of halogens is 2. The molecule has 0 radical (unpaired) electrons. The minimum absolute atomic E-state index is 0.601. The van der Waals surface area contributed by atoms with E-state index in [1.54, 1.807) is 6.07 Å². The van der Waals surface area contributed by atoms with Gasteiger partial charge in [-0.1, -0.05) is 23.2 Å². The molecule has 1 aromatic heterocycles. The fraction of sp³-hybridized carbons (Fsp3) is 0.200. The largest absolute Gasteiger partial charge is 0.361 e. The van der Waals surface area contributed by atoms with E-state index in [1.807, 2.05) is 12.3 Å². The highest BCUT2D eigenvalue weighted by Crippen LogP contribution is 2.32. The van der Waals surface area contributed by atoms with Crippen molar-refractivity contribution in [3.63, 3.8) is 0 Å². The smallest absolute Gasteiger partial charge is 0.0781 e. The molecule has 74 valence electrons. The van der Waals surface area contributed by atoms with Crippen LogP contribution in [0.15, 0.2) is 18.3 Å². The van der Waals surface area contributed by atoms with Crippen LogP contribution < -0.4 is 5.73 Å². The van der Waals surface area contributed by atoms with E-state index in [1.165, 1.54) is 5.56 Å². The molecule has 4 N–H and O–H groups in total. The van der Waals surface area contributed by atoms with Gasteiger partial charge in [0.25, 0.3) is 0 Å². The number of nitrogens with one attached hydrogen (secondary N) is 1. The van der Waals surface area contributed by atoms with E-state index in [-0.39, 0.29) is 0 Å². The van der Waals surface area contributed by atoms with Gasteiger partial charge in [-0.3, -0.25) is 0 Å². The summed E-state index contributed by atoms with van der Waals surface area (Å²) in [5.74, 6) is 0. The number of aromatic amines is 1. The average Bonchev–Trinajstić information content (AvgIpc) is 2.57. The topological polar surface area (TPSA) is 43.4 Å². The lowest BCUT2D eigenvalue weighted by atomic mass is 10.1. The van der Waals surface area contributed by atoms with Crippen LogP contribution in [0.1, 0.15) is 5.56 Å². The lowest BCUT2D eigenvalue weighted by Gasteiger charge is -2.00. The van der Waals surface area contributed by atoms with Gasteiger partial charge in [0.05, 0.1) is 16.6 Å². The average molecular weight is 230 g/mol. The highest BCUT2D eigenvalue weighted by atomic mass is 35.5. The Balaban J connectivity index is 2.69. The van der Waals surface area contributed by atoms with Gasteiger partial charge in [0.1, 0.15) is 0 Å². The van der Waals surface area contributed by atoms with Crippen LogP contribution in [0.3, 0.4) is 0 Å². The summed E-state index contributed by atoms with van der Waals surface area (Å²) in [6.45, 7) is 0.857. The van der Waals surface area contributed by atoms with Gasteiger partial charge in [0.15, 0.2) is 0 Å². The number of rotatable bonds is 2. The normalized spacial score (nSPS) is 11.1. The first-order valence-corrected chi connectivity index (χ1v) is 5.23. The molecule has 14 heavy (non-hydrogen) atoms. The minimum atomic E-state index is 0.601. The number of fused-ring (bicyclic) bond motifs is 1. The Morgan fingerprint density at radius 2 is 2.07 bits per heavy atom. The number of hydrogen-bond donors (Lipinski definition) is 2. The molecule has 1 aromatic carbocycles. The Morgan fingerprint density at radius 3 is 2.79 bits per heavy atom. The van der Waals surface area contributed by atoms with Crippen molar-refractivity contribution in [3.8, 4) is 0 Å². The molecule has 2 aromatic rings. The van der Waals surface area contributed by atoms with Crippen molar-refractivity contribution in [2.24, 2.45) is 0 Å². The van der Waals surface area contributed by atoms with Crippen molar-refractivity contribution in [1.82, 2.24) is 4.98 Å². The SMILES string of the molecule is [NH3+]CCc1c[nH]c2ccc(Cl)c(Cl)c12.